The molecule has 0 bridgehead atoms. The molecule has 0 radical (unpaired) electrons. The van der Waals surface area contributed by atoms with E-state index >= 15 is 0 Å². The van der Waals surface area contributed by atoms with Crippen LogP contribution in [0.15, 0.2) is 6.07 Å². The summed E-state index contributed by atoms with van der Waals surface area (Å²) in [5.74, 6) is 1.19. The second kappa shape index (κ2) is 5.50. The Morgan fingerprint density at radius 1 is 1.47 bits per heavy atom. The summed E-state index contributed by atoms with van der Waals surface area (Å²) in [4.78, 5) is 8.44. The smallest absolute Gasteiger partial charge is 0.226 e. The fraction of sp³-hybridized carbons (Fsp3) is 0.600. The third-order valence-electron chi connectivity index (χ3n) is 2.10. The van der Waals surface area contributed by atoms with Crippen LogP contribution in [0.3, 0.4) is 0 Å². The van der Waals surface area contributed by atoms with Crippen LogP contribution in [0.2, 0.25) is 0 Å². The van der Waals surface area contributed by atoms with E-state index in [2.05, 4.69) is 27.5 Å². The van der Waals surface area contributed by atoms with E-state index in [0.29, 0.717) is 17.9 Å². The number of ether oxygens (including phenoxy) is 1. The van der Waals surface area contributed by atoms with Crippen LogP contribution in [0.5, 0.6) is 5.88 Å². The highest BCUT2D eigenvalue weighted by Crippen LogP contribution is 2.10. The van der Waals surface area contributed by atoms with Crippen molar-refractivity contribution in [3.63, 3.8) is 0 Å². The van der Waals surface area contributed by atoms with Crippen LogP contribution in [0.1, 0.15) is 12.6 Å². The molecule has 2 N–H and O–H groups in total. The van der Waals surface area contributed by atoms with Crippen molar-refractivity contribution in [2.45, 2.75) is 19.9 Å². The summed E-state index contributed by atoms with van der Waals surface area (Å²) in [5.41, 5.74) is 0.890. The lowest BCUT2D eigenvalue weighted by atomic mass is 10.3. The van der Waals surface area contributed by atoms with E-state index in [-0.39, 0.29) is 0 Å². The molecule has 1 rings (SSSR count). The van der Waals surface area contributed by atoms with Gasteiger partial charge >= 0.3 is 0 Å². The highest BCUT2D eigenvalue weighted by Gasteiger charge is 2.03. The van der Waals surface area contributed by atoms with Crippen LogP contribution in [-0.2, 0) is 0 Å². The number of nitrogens with one attached hydrogen (secondary N) is 2. The van der Waals surface area contributed by atoms with E-state index in [1.807, 2.05) is 14.0 Å². The predicted octanol–water partition coefficient (Wildman–Crippen LogP) is 0.813. The molecule has 15 heavy (non-hydrogen) atoms. The van der Waals surface area contributed by atoms with Gasteiger partial charge < -0.3 is 15.4 Å². The molecule has 0 aliphatic rings. The first kappa shape index (κ1) is 11.7. The SMILES string of the molecule is CNC(C)CNc1nc(C)cc(OC)n1. The molecule has 5 nitrogen and oxygen atoms in total. The molecule has 1 aromatic heterocycles. The predicted molar refractivity (Wildman–Crippen MR) is 60.3 cm³/mol. The van der Waals surface area contributed by atoms with Gasteiger partial charge in [-0.1, -0.05) is 0 Å². The van der Waals surface area contributed by atoms with Crippen molar-refractivity contribution in [1.29, 1.82) is 0 Å². The molecule has 0 saturated carbocycles. The summed E-state index contributed by atoms with van der Waals surface area (Å²) < 4.78 is 5.06. The van der Waals surface area contributed by atoms with Gasteiger partial charge in [0.15, 0.2) is 0 Å². The first-order valence-electron chi connectivity index (χ1n) is 4.96. The Balaban J connectivity index is 2.64. The standard InChI is InChI=1S/C10H18N4O/c1-7-5-9(15-4)14-10(13-7)12-6-8(2)11-3/h5,8,11H,6H2,1-4H3,(H,12,13,14). The van der Waals surface area contributed by atoms with Gasteiger partial charge in [0.05, 0.1) is 7.11 Å². The lowest BCUT2D eigenvalue weighted by Crippen LogP contribution is -2.29. The average molecular weight is 210 g/mol. The van der Waals surface area contributed by atoms with E-state index < -0.39 is 0 Å². The summed E-state index contributed by atoms with van der Waals surface area (Å²) in [7, 11) is 3.52. The molecule has 1 atom stereocenters. The zero-order valence-corrected chi connectivity index (χ0v) is 9.66. The molecule has 5 heteroatoms. The molecule has 1 heterocycles. The van der Waals surface area contributed by atoms with Crippen molar-refractivity contribution >= 4 is 5.95 Å². The summed E-state index contributed by atoms with van der Waals surface area (Å²) in [5, 5.41) is 6.28. The second-order valence-electron chi connectivity index (χ2n) is 3.45. The van der Waals surface area contributed by atoms with E-state index in [1.54, 1.807) is 13.2 Å². The highest BCUT2D eigenvalue weighted by atomic mass is 16.5. The minimum Gasteiger partial charge on any atom is -0.481 e. The topological polar surface area (TPSA) is 59.1 Å². The third-order valence-corrected chi connectivity index (χ3v) is 2.10. The van der Waals surface area contributed by atoms with E-state index in [1.165, 1.54) is 0 Å². The van der Waals surface area contributed by atoms with Crippen molar-refractivity contribution in [2.75, 3.05) is 26.0 Å². The number of hydrogen-bond acceptors (Lipinski definition) is 5. The van der Waals surface area contributed by atoms with Gasteiger partial charge in [-0.25, -0.2) is 4.98 Å². The molecule has 1 aromatic rings. The van der Waals surface area contributed by atoms with E-state index in [9.17, 15) is 0 Å². The van der Waals surface area contributed by atoms with Crippen molar-refractivity contribution in [3.8, 4) is 5.88 Å². The molecule has 0 aromatic carbocycles. The number of nitrogens with zero attached hydrogens (tertiary/aromatic N) is 2. The number of methoxy groups -OCH3 is 1. The van der Waals surface area contributed by atoms with Crippen LogP contribution in [0.4, 0.5) is 5.95 Å². The third kappa shape index (κ3) is 3.71. The van der Waals surface area contributed by atoms with E-state index in [4.69, 9.17) is 4.74 Å². The summed E-state index contributed by atoms with van der Waals surface area (Å²) in [6.45, 7) is 4.78. The maximum absolute atomic E-state index is 5.06. The Kier molecular flexibility index (Phi) is 4.30. The molecule has 0 fully saturated rings. The van der Waals surface area contributed by atoms with Crippen LogP contribution in [0.25, 0.3) is 0 Å². The number of hydrogen-bond donors (Lipinski definition) is 2. The Morgan fingerprint density at radius 2 is 2.20 bits per heavy atom. The van der Waals surface area contributed by atoms with Gasteiger partial charge in [-0.2, -0.15) is 4.98 Å². The quantitative estimate of drug-likeness (QED) is 0.753. The molecule has 1 unspecified atom stereocenters. The minimum absolute atomic E-state index is 0.375. The normalized spacial score (nSPS) is 12.3. The zero-order valence-electron chi connectivity index (χ0n) is 9.66. The van der Waals surface area contributed by atoms with Gasteiger partial charge in [-0.15, -0.1) is 0 Å². The number of anilines is 1. The maximum atomic E-state index is 5.06. The van der Waals surface area contributed by atoms with Gasteiger partial charge in [0.25, 0.3) is 0 Å². The molecule has 0 amide bonds. The average Bonchev–Trinajstić information content (AvgIpc) is 2.25. The molecule has 0 spiro atoms. The Morgan fingerprint density at radius 3 is 2.80 bits per heavy atom. The van der Waals surface area contributed by atoms with Crippen molar-refractivity contribution < 1.29 is 4.74 Å². The summed E-state index contributed by atoms with van der Waals surface area (Å²) in [6.07, 6.45) is 0. The first-order valence-corrected chi connectivity index (χ1v) is 4.96. The number of likely N-dealkylation sites (N-methyl/N-ethyl adjacent to an activating group) is 1. The van der Waals surface area contributed by atoms with Gasteiger partial charge in [0.2, 0.25) is 11.8 Å². The molecule has 84 valence electrons. The van der Waals surface area contributed by atoms with E-state index in [0.717, 1.165) is 12.2 Å². The van der Waals surface area contributed by atoms with Crippen molar-refractivity contribution in [1.82, 2.24) is 15.3 Å². The van der Waals surface area contributed by atoms with Crippen LogP contribution >= 0.6 is 0 Å². The minimum atomic E-state index is 0.375. The van der Waals surface area contributed by atoms with Crippen molar-refractivity contribution in [3.05, 3.63) is 11.8 Å². The van der Waals surface area contributed by atoms with Gasteiger partial charge in [0.1, 0.15) is 0 Å². The number of aromatic nitrogens is 2. The maximum Gasteiger partial charge on any atom is 0.226 e. The fourth-order valence-electron chi connectivity index (χ4n) is 1.07. The monoisotopic (exact) mass is 210 g/mol. The van der Waals surface area contributed by atoms with Crippen LogP contribution < -0.4 is 15.4 Å². The van der Waals surface area contributed by atoms with Gasteiger partial charge in [0, 0.05) is 24.3 Å². The fourth-order valence-corrected chi connectivity index (χ4v) is 1.07. The second-order valence-corrected chi connectivity index (χ2v) is 3.45. The van der Waals surface area contributed by atoms with Crippen LogP contribution in [0, 0.1) is 6.92 Å². The Labute approximate surface area is 90.3 Å². The summed E-state index contributed by atoms with van der Waals surface area (Å²) in [6, 6.07) is 2.17. The van der Waals surface area contributed by atoms with Crippen LogP contribution in [-0.4, -0.2) is 36.7 Å². The largest absolute Gasteiger partial charge is 0.481 e. The Hall–Kier alpha value is -1.36. The first-order chi connectivity index (χ1) is 7.15. The molecular weight excluding hydrogens is 192 g/mol. The summed E-state index contributed by atoms with van der Waals surface area (Å²) >= 11 is 0. The van der Waals surface area contributed by atoms with Gasteiger partial charge in [-0.05, 0) is 20.9 Å². The number of aryl methyl sites for hydroxylation is 1. The molecule has 0 saturated heterocycles. The molecule has 0 aliphatic heterocycles. The lowest BCUT2D eigenvalue weighted by molar-refractivity contribution is 0.397. The Bertz CT molecular complexity index is 316. The van der Waals surface area contributed by atoms with Crippen molar-refractivity contribution in [2.24, 2.45) is 0 Å². The number of rotatable bonds is 5. The van der Waals surface area contributed by atoms with Gasteiger partial charge in [-0.3, -0.25) is 0 Å². The lowest BCUT2D eigenvalue weighted by Gasteiger charge is -2.12. The molecule has 0 aliphatic carbocycles. The highest BCUT2D eigenvalue weighted by molar-refractivity contribution is 5.30. The zero-order chi connectivity index (χ0) is 11.3. The molecular formula is C10H18N4O.